The second-order valence-corrected chi connectivity index (χ2v) is 8.21. The Morgan fingerprint density at radius 1 is 0.968 bits per heavy atom. The number of anilines is 1. The normalized spacial score (nSPS) is 16.5. The van der Waals surface area contributed by atoms with Gasteiger partial charge in [0.1, 0.15) is 11.9 Å². The first-order valence-electron chi connectivity index (χ1n) is 10.6. The molecule has 5 rings (SSSR count). The fourth-order valence-corrected chi connectivity index (χ4v) is 4.87. The van der Waals surface area contributed by atoms with Crippen LogP contribution in [-0.2, 0) is 22.6 Å². The van der Waals surface area contributed by atoms with E-state index in [4.69, 9.17) is 4.98 Å². The molecule has 31 heavy (non-hydrogen) atoms. The van der Waals surface area contributed by atoms with Crippen LogP contribution in [0, 0.1) is 11.3 Å². The Morgan fingerprint density at radius 2 is 1.68 bits per heavy atom. The lowest BCUT2D eigenvalue weighted by Crippen LogP contribution is -2.49. The van der Waals surface area contributed by atoms with E-state index in [2.05, 4.69) is 15.4 Å². The average molecular weight is 416 g/mol. The van der Waals surface area contributed by atoms with Crippen LogP contribution in [0.3, 0.4) is 0 Å². The molecule has 0 saturated carbocycles. The molecule has 8 heteroatoms. The summed E-state index contributed by atoms with van der Waals surface area (Å²) in [5, 5.41) is 10.0. The molecule has 2 aromatic heterocycles. The van der Waals surface area contributed by atoms with Crippen molar-refractivity contribution in [2.75, 3.05) is 37.6 Å². The Kier molecular flexibility index (Phi) is 4.54. The standard InChI is InChI=1S/C23H24N6O2/c1-15(30)26-9-11-27(12-10-26)23-19-14-28(16(2)31)8-7-17(19)18(13-24)22-25-20-5-3-4-6-21(20)29(22)23/h3-6H,7-12,14H2,1-2H3. The number of carbonyl (C=O) groups is 2. The van der Waals surface area contributed by atoms with Crippen molar-refractivity contribution in [1.82, 2.24) is 19.2 Å². The van der Waals surface area contributed by atoms with E-state index in [0.717, 1.165) is 28.0 Å². The number of imidazole rings is 1. The topological polar surface area (TPSA) is 84.9 Å². The van der Waals surface area contributed by atoms with Crippen molar-refractivity contribution < 1.29 is 9.59 Å². The number of para-hydroxylation sites is 2. The first-order valence-corrected chi connectivity index (χ1v) is 10.6. The number of hydrogen-bond donors (Lipinski definition) is 0. The number of amides is 2. The number of hydrogen-bond acceptors (Lipinski definition) is 5. The molecular formula is C23H24N6O2. The smallest absolute Gasteiger partial charge is 0.219 e. The van der Waals surface area contributed by atoms with E-state index in [1.807, 2.05) is 34.1 Å². The van der Waals surface area contributed by atoms with Crippen molar-refractivity contribution in [3.8, 4) is 6.07 Å². The van der Waals surface area contributed by atoms with E-state index in [-0.39, 0.29) is 11.8 Å². The van der Waals surface area contributed by atoms with Crippen molar-refractivity contribution in [3.63, 3.8) is 0 Å². The van der Waals surface area contributed by atoms with Gasteiger partial charge in [-0.05, 0) is 24.1 Å². The number of benzene rings is 1. The largest absolute Gasteiger partial charge is 0.354 e. The monoisotopic (exact) mass is 416 g/mol. The van der Waals surface area contributed by atoms with Gasteiger partial charge in [-0.15, -0.1) is 0 Å². The summed E-state index contributed by atoms with van der Waals surface area (Å²) in [4.78, 5) is 34.8. The van der Waals surface area contributed by atoms with Gasteiger partial charge in [-0.2, -0.15) is 5.26 Å². The molecule has 1 saturated heterocycles. The van der Waals surface area contributed by atoms with Crippen LogP contribution in [-0.4, -0.2) is 63.7 Å². The van der Waals surface area contributed by atoms with Gasteiger partial charge in [0.25, 0.3) is 0 Å². The minimum absolute atomic E-state index is 0.0343. The van der Waals surface area contributed by atoms with Crippen LogP contribution in [0.15, 0.2) is 24.3 Å². The van der Waals surface area contributed by atoms with E-state index in [9.17, 15) is 14.9 Å². The highest BCUT2D eigenvalue weighted by atomic mass is 16.2. The molecule has 1 fully saturated rings. The Hall–Kier alpha value is -3.60. The lowest BCUT2D eigenvalue weighted by molar-refractivity contribution is -0.130. The summed E-state index contributed by atoms with van der Waals surface area (Å²) in [7, 11) is 0. The van der Waals surface area contributed by atoms with Gasteiger partial charge >= 0.3 is 0 Å². The Labute approximate surface area is 180 Å². The second kappa shape index (κ2) is 7.27. The van der Waals surface area contributed by atoms with E-state index in [0.29, 0.717) is 56.9 Å². The minimum atomic E-state index is 0.0343. The summed E-state index contributed by atoms with van der Waals surface area (Å²) in [6, 6.07) is 10.3. The van der Waals surface area contributed by atoms with E-state index >= 15 is 0 Å². The highest BCUT2D eigenvalue weighted by Gasteiger charge is 2.31. The maximum Gasteiger partial charge on any atom is 0.219 e. The summed E-state index contributed by atoms with van der Waals surface area (Å²) < 4.78 is 2.08. The molecule has 2 aliphatic heterocycles. The van der Waals surface area contributed by atoms with Gasteiger partial charge < -0.3 is 14.7 Å². The molecule has 158 valence electrons. The third-order valence-electron chi connectivity index (χ3n) is 6.49. The van der Waals surface area contributed by atoms with Gasteiger partial charge in [0, 0.05) is 58.7 Å². The van der Waals surface area contributed by atoms with Crippen LogP contribution in [0.5, 0.6) is 0 Å². The van der Waals surface area contributed by atoms with Crippen LogP contribution < -0.4 is 4.90 Å². The lowest BCUT2D eigenvalue weighted by Gasteiger charge is -2.39. The fraction of sp³-hybridized carbons (Fsp3) is 0.391. The van der Waals surface area contributed by atoms with Gasteiger partial charge in [0.2, 0.25) is 11.8 Å². The number of aromatic nitrogens is 2. The summed E-state index contributed by atoms with van der Waals surface area (Å²) in [6.07, 6.45) is 0.637. The van der Waals surface area contributed by atoms with Crippen molar-refractivity contribution in [2.24, 2.45) is 0 Å². The number of carbonyl (C=O) groups excluding carboxylic acids is 2. The van der Waals surface area contributed by atoms with Gasteiger partial charge in [0.05, 0.1) is 16.6 Å². The van der Waals surface area contributed by atoms with Crippen molar-refractivity contribution in [2.45, 2.75) is 26.8 Å². The predicted octanol–water partition coefficient (Wildman–Crippen LogP) is 1.93. The molecule has 3 aromatic rings. The minimum Gasteiger partial charge on any atom is -0.354 e. The molecule has 2 aliphatic rings. The average Bonchev–Trinajstić information content (AvgIpc) is 3.16. The van der Waals surface area contributed by atoms with E-state index in [1.165, 1.54) is 0 Å². The molecule has 0 aliphatic carbocycles. The first-order chi connectivity index (χ1) is 15.0. The predicted molar refractivity (Wildman–Crippen MR) is 117 cm³/mol. The Morgan fingerprint density at radius 3 is 2.35 bits per heavy atom. The summed E-state index contributed by atoms with van der Waals surface area (Å²) in [5.74, 6) is 1.11. The van der Waals surface area contributed by atoms with E-state index < -0.39 is 0 Å². The Balaban J connectivity index is 1.77. The van der Waals surface area contributed by atoms with Crippen molar-refractivity contribution in [3.05, 3.63) is 41.0 Å². The summed E-state index contributed by atoms with van der Waals surface area (Å²) in [6.45, 7) is 6.95. The van der Waals surface area contributed by atoms with Crippen LogP contribution in [0.1, 0.15) is 30.5 Å². The third-order valence-corrected chi connectivity index (χ3v) is 6.49. The number of pyridine rings is 1. The van der Waals surface area contributed by atoms with Crippen molar-refractivity contribution >= 4 is 34.3 Å². The molecular weight excluding hydrogens is 392 g/mol. The molecule has 2 amide bonds. The molecule has 0 radical (unpaired) electrons. The van der Waals surface area contributed by atoms with Gasteiger partial charge in [-0.1, -0.05) is 12.1 Å². The second-order valence-electron chi connectivity index (χ2n) is 8.21. The highest BCUT2D eigenvalue weighted by Crippen LogP contribution is 2.37. The maximum atomic E-state index is 12.2. The van der Waals surface area contributed by atoms with Crippen LogP contribution >= 0.6 is 0 Å². The summed E-state index contributed by atoms with van der Waals surface area (Å²) in [5.41, 5.74) is 5.06. The van der Waals surface area contributed by atoms with Crippen LogP contribution in [0.25, 0.3) is 16.7 Å². The van der Waals surface area contributed by atoms with Crippen molar-refractivity contribution in [1.29, 1.82) is 5.26 Å². The van der Waals surface area contributed by atoms with Crippen LogP contribution in [0.2, 0.25) is 0 Å². The van der Waals surface area contributed by atoms with Crippen LogP contribution in [0.4, 0.5) is 5.82 Å². The third kappa shape index (κ3) is 3.00. The number of nitrogens with zero attached hydrogens (tertiary/aromatic N) is 6. The molecule has 0 N–H and O–H groups in total. The van der Waals surface area contributed by atoms with E-state index in [1.54, 1.807) is 13.8 Å². The van der Waals surface area contributed by atoms with Gasteiger partial charge in [-0.25, -0.2) is 4.98 Å². The zero-order chi connectivity index (χ0) is 21.7. The SMILES string of the molecule is CC(=O)N1CCN(c2c3c(c(C#N)c4nc5ccccc5n24)CCN(C(C)=O)C3)CC1. The molecule has 8 nitrogen and oxygen atoms in total. The molecule has 4 heterocycles. The zero-order valence-electron chi connectivity index (χ0n) is 17.8. The van der Waals surface area contributed by atoms with Gasteiger partial charge in [-0.3, -0.25) is 14.0 Å². The molecule has 0 bridgehead atoms. The molecule has 1 aromatic carbocycles. The Bertz CT molecular complexity index is 1260. The number of fused-ring (bicyclic) bond motifs is 4. The summed E-state index contributed by atoms with van der Waals surface area (Å²) >= 11 is 0. The highest BCUT2D eigenvalue weighted by molar-refractivity contribution is 5.87. The zero-order valence-corrected chi connectivity index (χ0v) is 17.8. The van der Waals surface area contributed by atoms with Gasteiger partial charge in [0.15, 0.2) is 5.65 Å². The molecule has 0 spiro atoms. The molecule has 0 atom stereocenters. The number of nitriles is 1. The first kappa shape index (κ1) is 19.4. The number of rotatable bonds is 1. The maximum absolute atomic E-state index is 12.2. The molecule has 0 unspecified atom stereocenters. The fourth-order valence-electron chi connectivity index (χ4n) is 4.87. The quantitative estimate of drug-likeness (QED) is 0.605. The lowest BCUT2D eigenvalue weighted by atomic mass is 9.95. The number of piperazine rings is 1.